The highest BCUT2D eigenvalue weighted by Crippen LogP contribution is 2.25. The molecule has 0 aromatic carbocycles. The van der Waals surface area contributed by atoms with Crippen molar-refractivity contribution in [3.05, 3.63) is 18.5 Å². The lowest BCUT2D eigenvalue weighted by molar-refractivity contribution is 0.250. The molecule has 7 heteroatoms. The molecular weight excluding hydrogens is 256 g/mol. The Hall–Kier alpha value is -2.02. The fourth-order valence-corrected chi connectivity index (χ4v) is 3.07. The summed E-state index contributed by atoms with van der Waals surface area (Å²) >= 11 is 0. The second-order valence-electron chi connectivity index (χ2n) is 5.29. The van der Waals surface area contributed by atoms with Crippen molar-refractivity contribution in [3.8, 4) is 11.6 Å². The van der Waals surface area contributed by atoms with E-state index in [0.29, 0.717) is 17.6 Å². The quantitative estimate of drug-likeness (QED) is 0.801. The summed E-state index contributed by atoms with van der Waals surface area (Å²) in [6.45, 7) is 4.55. The Kier molecular flexibility index (Phi) is 2.84. The Balaban J connectivity index is 1.59. The molecule has 0 radical (unpaired) electrons. The predicted octanol–water partition coefficient (Wildman–Crippen LogP) is 0.811. The van der Waals surface area contributed by atoms with Crippen molar-refractivity contribution < 1.29 is 4.42 Å². The minimum atomic E-state index is 0.409. The monoisotopic (exact) mass is 272 g/mol. The number of aromatic nitrogens is 4. The third kappa shape index (κ3) is 2.03. The van der Waals surface area contributed by atoms with Crippen LogP contribution in [0.3, 0.4) is 0 Å². The zero-order valence-electron chi connectivity index (χ0n) is 11.1. The highest BCUT2D eigenvalue weighted by Gasteiger charge is 2.29. The number of hydrogen-bond acceptors (Lipinski definition) is 7. The molecule has 2 aromatic heterocycles. The fourth-order valence-electron chi connectivity index (χ4n) is 3.07. The van der Waals surface area contributed by atoms with Crippen LogP contribution in [0.5, 0.6) is 0 Å². The molecule has 3 fully saturated rings. The maximum absolute atomic E-state index is 5.13. The van der Waals surface area contributed by atoms with Crippen LogP contribution in [0, 0.1) is 0 Å². The molecule has 0 atom stereocenters. The second-order valence-corrected chi connectivity index (χ2v) is 5.29. The van der Waals surface area contributed by atoms with Crippen molar-refractivity contribution in [2.45, 2.75) is 18.9 Å². The second kappa shape index (κ2) is 4.82. The van der Waals surface area contributed by atoms with E-state index in [0.717, 1.165) is 18.9 Å². The third-order valence-electron chi connectivity index (χ3n) is 4.18. The first-order valence-corrected chi connectivity index (χ1v) is 6.99. The van der Waals surface area contributed by atoms with E-state index in [9.17, 15) is 0 Å². The topological polar surface area (TPSA) is 71.2 Å². The number of nitrogens with zero attached hydrogens (tertiary/aromatic N) is 6. The smallest absolute Gasteiger partial charge is 0.267 e. The summed E-state index contributed by atoms with van der Waals surface area (Å²) in [5, 5.41) is 16.0. The standard InChI is InChI=1S/C13H16N6O/c1-2-12(16-15-11(1)13-17-14-9-20-13)19-8-7-18-5-3-10(19)4-6-18/h1-2,9-10H,3-8H2. The van der Waals surface area contributed by atoms with Crippen molar-refractivity contribution in [1.29, 1.82) is 0 Å². The minimum Gasteiger partial charge on any atom is -0.422 e. The molecule has 5 heterocycles. The lowest BCUT2D eigenvalue weighted by Crippen LogP contribution is -2.38. The highest BCUT2D eigenvalue weighted by molar-refractivity contribution is 5.49. The van der Waals surface area contributed by atoms with E-state index >= 15 is 0 Å². The summed E-state index contributed by atoms with van der Waals surface area (Å²) < 4.78 is 5.13. The Bertz CT molecular complexity index is 561. The van der Waals surface area contributed by atoms with Gasteiger partial charge in [0.05, 0.1) is 0 Å². The predicted molar refractivity (Wildman–Crippen MR) is 72.1 cm³/mol. The molecule has 3 aliphatic rings. The van der Waals surface area contributed by atoms with Gasteiger partial charge in [-0.15, -0.1) is 20.4 Å². The van der Waals surface area contributed by atoms with Crippen molar-refractivity contribution in [1.82, 2.24) is 25.3 Å². The molecule has 3 aliphatic heterocycles. The van der Waals surface area contributed by atoms with E-state index < -0.39 is 0 Å². The zero-order chi connectivity index (χ0) is 13.4. The average Bonchev–Trinajstić information content (AvgIpc) is 2.88. The maximum Gasteiger partial charge on any atom is 0.267 e. The van der Waals surface area contributed by atoms with Gasteiger partial charge in [-0.3, -0.25) is 0 Å². The van der Waals surface area contributed by atoms with Gasteiger partial charge < -0.3 is 14.2 Å². The summed E-state index contributed by atoms with van der Waals surface area (Å²) in [5.41, 5.74) is 0.620. The van der Waals surface area contributed by atoms with Gasteiger partial charge in [0.15, 0.2) is 5.82 Å². The van der Waals surface area contributed by atoms with E-state index in [1.54, 1.807) is 0 Å². The molecular formula is C13H16N6O. The molecule has 0 spiro atoms. The van der Waals surface area contributed by atoms with Gasteiger partial charge in [-0.25, -0.2) is 0 Å². The van der Waals surface area contributed by atoms with Crippen LogP contribution < -0.4 is 4.90 Å². The molecule has 104 valence electrons. The van der Waals surface area contributed by atoms with Crippen LogP contribution in [0.2, 0.25) is 0 Å². The van der Waals surface area contributed by atoms with Gasteiger partial charge in [0.25, 0.3) is 5.89 Å². The SMILES string of the molecule is c1nnc(-c2ccc(N3CCN4CCC3CC4)nn2)o1. The molecule has 2 aromatic rings. The molecule has 20 heavy (non-hydrogen) atoms. The van der Waals surface area contributed by atoms with Gasteiger partial charge in [-0.1, -0.05) is 0 Å². The van der Waals surface area contributed by atoms with Crippen LogP contribution in [0.4, 0.5) is 5.82 Å². The molecule has 2 bridgehead atoms. The van der Waals surface area contributed by atoms with Crippen LogP contribution in [-0.4, -0.2) is 57.5 Å². The molecule has 3 saturated heterocycles. The normalized spacial score (nSPS) is 25.7. The third-order valence-corrected chi connectivity index (χ3v) is 4.18. The Morgan fingerprint density at radius 1 is 1.00 bits per heavy atom. The Morgan fingerprint density at radius 3 is 2.60 bits per heavy atom. The molecule has 0 unspecified atom stereocenters. The summed E-state index contributed by atoms with van der Waals surface area (Å²) in [6, 6.07) is 4.49. The summed E-state index contributed by atoms with van der Waals surface area (Å²) in [5.74, 6) is 1.36. The Labute approximate surface area is 116 Å². The number of rotatable bonds is 2. The molecule has 5 rings (SSSR count). The van der Waals surface area contributed by atoms with Crippen molar-refractivity contribution >= 4 is 5.82 Å². The fraction of sp³-hybridized carbons (Fsp3) is 0.538. The maximum atomic E-state index is 5.13. The van der Waals surface area contributed by atoms with E-state index in [4.69, 9.17) is 4.42 Å². The number of piperidine rings is 1. The van der Waals surface area contributed by atoms with Gasteiger partial charge in [-0.05, 0) is 25.0 Å². The zero-order valence-corrected chi connectivity index (χ0v) is 11.1. The van der Waals surface area contributed by atoms with Crippen LogP contribution in [0.25, 0.3) is 11.6 Å². The van der Waals surface area contributed by atoms with Gasteiger partial charge >= 0.3 is 0 Å². The lowest BCUT2D eigenvalue weighted by Gasteiger charge is -2.31. The van der Waals surface area contributed by atoms with Crippen LogP contribution in [0.1, 0.15) is 12.8 Å². The van der Waals surface area contributed by atoms with Crippen molar-refractivity contribution in [3.63, 3.8) is 0 Å². The first kappa shape index (κ1) is 11.8. The number of anilines is 1. The van der Waals surface area contributed by atoms with Crippen LogP contribution in [0.15, 0.2) is 22.9 Å². The Morgan fingerprint density at radius 2 is 1.90 bits per heavy atom. The lowest BCUT2D eigenvalue weighted by atomic mass is 10.1. The summed E-state index contributed by atoms with van der Waals surface area (Å²) in [7, 11) is 0. The summed E-state index contributed by atoms with van der Waals surface area (Å²) in [6.07, 6.45) is 3.73. The molecule has 7 nitrogen and oxygen atoms in total. The first-order valence-electron chi connectivity index (χ1n) is 6.99. The van der Waals surface area contributed by atoms with E-state index in [2.05, 4.69) is 30.2 Å². The van der Waals surface area contributed by atoms with Gasteiger partial charge in [0, 0.05) is 32.2 Å². The average molecular weight is 272 g/mol. The number of fused-ring (bicyclic) bond motifs is 4. The van der Waals surface area contributed by atoms with Crippen molar-refractivity contribution in [2.24, 2.45) is 0 Å². The summed E-state index contributed by atoms with van der Waals surface area (Å²) in [4.78, 5) is 4.91. The van der Waals surface area contributed by atoms with Crippen LogP contribution in [-0.2, 0) is 0 Å². The molecule has 0 saturated carbocycles. The van der Waals surface area contributed by atoms with Gasteiger partial charge in [0.1, 0.15) is 5.69 Å². The van der Waals surface area contributed by atoms with E-state index in [1.807, 2.05) is 12.1 Å². The van der Waals surface area contributed by atoms with E-state index in [1.165, 1.54) is 32.3 Å². The van der Waals surface area contributed by atoms with Gasteiger partial charge in [0.2, 0.25) is 6.39 Å². The highest BCUT2D eigenvalue weighted by atomic mass is 16.4. The van der Waals surface area contributed by atoms with Crippen molar-refractivity contribution in [2.75, 3.05) is 31.1 Å². The number of hydrogen-bond donors (Lipinski definition) is 0. The van der Waals surface area contributed by atoms with Gasteiger partial charge in [-0.2, -0.15) is 0 Å². The molecule has 0 aliphatic carbocycles. The largest absolute Gasteiger partial charge is 0.422 e. The first-order chi connectivity index (χ1) is 9.90. The van der Waals surface area contributed by atoms with E-state index in [-0.39, 0.29) is 0 Å². The minimum absolute atomic E-state index is 0.409. The molecule has 0 amide bonds. The van der Waals surface area contributed by atoms with Crippen LogP contribution >= 0.6 is 0 Å². The molecule has 0 N–H and O–H groups in total.